The van der Waals surface area contributed by atoms with E-state index in [2.05, 4.69) is 41.7 Å². The van der Waals surface area contributed by atoms with Crippen LogP contribution in [0.5, 0.6) is 5.75 Å². The maximum Gasteiger partial charge on any atom is 0.240 e. The van der Waals surface area contributed by atoms with Crippen LogP contribution in [0.15, 0.2) is 53.6 Å². The van der Waals surface area contributed by atoms with E-state index in [1.165, 1.54) is 5.56 Å². The lowest BCUT2D eigenvalue weighted by atomic mass is 10.1. The number of rotatable bonds is 7. The minimum atomic E-state index is -0.0701. The molecule has 2 aromatic carbocycles. The molecule has 2 rings (SSSR count). The number of nitrogens with zero attached hydrogens (tertiary/aromatic N) is 1. The van der Waals surface area contributed by atoms with E-state index in [0.29, 0.717) is 18.9 Å². The summed E-state index contributed by atoms with van der Waals surface area (Å²) in [5, 5.41) is 3.96. The number of ether oxygens (including phenoxy) is 1. The topological polar surface area (TPSA) is 50.7 Å². The van der Waals surface area contributed by atoms with Crippen molar-refractivity contribution in [1.82, 2.24) is 5.43 Å². The SMILES string of the molecule is Cc1ccc(COc2ccc(C=NNC(=O)CC(C)C)cc2)cc1. The molecule has 1 amide bonds. The van der Waals surface area contributed by atoms with Crippen LogP contribution in [0.25, 0.3) is 0 Å². The van der Waals surface area contributed by atoms with Gasteiger partial charge in [0.25, 0.3) is 0 Å². The highest BCUT2D eigenvalue weighted by molar-refractivity contribution is 5.82. The van der Waals surface area contributed by atoms with Crippen molar-refractivity contribution in [2.45, 2.75) is 33.8 Å². The van der Waals surface area contributed by atoms with Crippen molar-refractivity contribution in [3.8, 4) is 5.75 Å². The molecule has 0 heterocycles. The third kappa shape index (κ3) is 6.24. The molecule has 4 heteroatoms. The zero-order valence-electron chi connectivity index (χ0n) is 14.5. The first-order valence-electron chi connectivity index (χ1n) is 8.13. The Morgan fingerprint density at radius 1 is 1.12 bits per heavy atom. The van der Waals surface area contributed by atoms with Gasteiger partial charge in [0.2, 0.25) is 5.91 Å². The molecular weight excluding hydrogens is 300 g/mol. The molecule has 0 atom stereocenters. The lowest BCUT2D eigenvalue weighted by molar-refractivity contribution is -0.121. The molecule has 0 aromatic heterocycles. The molecule has 0 spiro atoms. The normalized spacial score (nSPS) is 11.0. The first-order chi connectivity index (χ1) is 11.5. The summed E-state index contributed by atoms with van der Waals surface area (Å²) in [5.41, 5.74) is 5.81. The third-order valence-electron chi connectivity index (χ3n) is 3.40. The predicted octanol–water partition coefficient (Wildman–Crippen LogP) is 4.07. The zero-order chi connectivity index (χ0) is 17.4. The maximum absolute atomic E-state index is 11.5. The van der Waals surface area contributed by atoms with Gasteiger partial charge in [-0.15, -0.1) is 0 Å². The third-order valence-corrected chi connectivity index (χ3v) is 3.40. The predicted molar refractivity (Wildman–Crippen MR) is 97.1 cm³/mol. The first-order valence-corrected chi connectivity index (χ1v) is 8.13. The van der Waals surface area contributed by atoms with E-state index >= 15 is 0 Å². The van der Waals surface area contributed by atoms with Crippen LogP contribution in [0.1, 0.15) is 37.0 Å². The number of carbonyl (C=O) groups excluding carboxylic acids is 1. The summed E-state index contributed by atoms with van der Waals surface area (Å²) in [7, 11) is 0. The van der Waals surface area contributed by atoms with E-state index in [1.807, 2.05) is 38.1 Å². The average molecular weight is 324 g/mol. The summed E-state index contributed by atoms with van der Waals surface area (Å²) in [6.07, 6.45) is 2.10. The van der Waals surface area contributed by atoms with Crippen LogP contribution in [0, 0.1) is 12.8 Å². The van der Waals surface area contributed by atoms with E-state index in [1.54, 1.807) is 6.21 Å². The van der Waals surface area contributed by atoms with Crippen LogP contribution in [-0.2, 0) is 11.4 Å². The summed E-state index contributed by atoms with van der Waals surface area (Å²) in [4.78, 5) is 11.5. The van der Waals surface area contributed by atoms with Crippen molar-refractivity contribution in [2.75, 3.05) is 0 Å². The minimum Gasteiger partial charge on any atom is -0.489 e. The Morgan fingerprint density at radius 2 is 1.79 bits per heavy atom. The lowest BCUT2D eigenvalue weighted by Crippen LogP contribution is -2.19. The molecule has 0 bridgehead atoms. The van der Waals surface area contributed by atoms with E-state index in [0.717, 1.165) is 16.9 Å². The van der Waals surface area contributed by atoms with Crippen LogP contribution in [0.3, 0.4) is 0 Å². The van der Waals surface area contributed by atoms with Gasteiger partial charge in [0.15, 0.2) is 0 Å². The fourth-order valence-electron chi connectivity index (χ4n) is 2.10. The van der Waals surface area contributed by atoms with Crippen LogP contribution >= 0.6 is 0 Å². The fraction of sp³-hybridized carbons (Fsp3) is 0.300. The van der Waals surface area contributed by atoms with Gasteiger partial charge in [0, 0.05) is 6.42 Å². The van der Waals surface area contributed by atoms with E-state index < -0.39 is 0 Å². The number of benzene rings is 2. The zero-order valence-corrected chi connectivity index (χ0v) is 14.5. The van der Waals surface area contributed by atoms with Gasteiger partial charge in [0.1, 0.15) is 12.4 Å². The molecule has 0 unspecified atom stereocenters. The molecule has 0 radical (unpaired) electrons. The number of carbonyl (C=O) groups is 1. The van der Waals surface area contributed by atoms with Crippen molar-refractivity contribution >= 4 is 12.1 Å². The molecule has 0 saturated heterocycles. The minimum absolute atomic E-state index is 0.0701. The van der Waals surface area contributed by atoms with Crippen molar-refractivity contribution < 1.29 is 9.53 Å². The smallest absolute Gasteiger partial charge is 0.240 e. The summed E-state index contributed by atoms with van der Waals surface area (Å²) < 4.78 is 5.76. The highest BCUT2D eigenvalue weighted by Gasteiger charge is 2.02. The Balaban J connectivity index is 1.82. The number of aryl methyl sites for hydroxylation is 1. The van der Waals surface area contributed by atoms with Gasteiger partial charge in [-0.25, -0.2) is 5.43 Å². The average Bonchev–Trinajstić information content (AvgIpc) is 2.55. The van der Waals surface area contributed by atoms with Gasteiger partial charge < -0.3 is 4.74 Å². The Morgan fingerprint density at radius 3 is 2.42 bits per heavy atom. The number of hydrogen-bond donors (Lipinski definition) is 1. The Labute approximate surface area is 143 Å². The first kappa shape index (κ1) is 17.7. The second kappa shape index (κ2) is 8.87. The summed E-state index contributed by atoms with van der Waals surface area (Å²) in [5.74, 6) is 1.06. The van der Waals surface area contributed by atoms with Crippen molar-refractivity contribution in [3.05, 3.63) is 65.2 Å². The van der Waals surface area contributed by atoms with Crippen LogP contribution < -0.4 is 10.2 Å². The van der Waals surface area contributed by atoms with Crippen LogP contribution in [0.4, 0.5) is 0 Å². The van der Waals surface area contributed by atoms with Crippen molar-refractivity contribution in [2.24, 2.45) is 11.0 Å². The van der Waals surface area contributed by atoms with Gasteiger partial charge in [-0.05, 0) is 48.2 Å². The van der Waals surface area contributed by atoms with Gasteiger partial charge in [-0.2, -0.15) is 5.10 Å². The van der Waals surface area contributed by atoms with Crippen LogP contribution in [-0.4, -0.2) is 12.1 Å². The Hall–Kier alpha value is -2.62. The van der Waals surface area contributed by atoms with Crippen LogP contribution in [0.2, 0.25) is 0 Å². The maximum atomic E-state index is 11.5. The van der Waals surface area contributed by atoms with Crippen molar-refractivity contribution in [1.29, 1.82) is 0 Å². The number of amides is 1. The largest absolute Gasteiger partial charge is 0.489 e. The second-order valence-electron chi connectivity index (χ2n) is 6.23. The molecule has 0 aliphatic rings. The monoisotopic (exact) mass is 324 g/mol. The molecule has 0 aliphatic heterocycles. The van der Waals surface area contributed by atoms with E-state index in [-0.39, 0.29) is 5.91 Å². The van der Waals surface area contributed by atoms with Gasteiger partial charge in [0.05, 0.1) is 6.21 Å². The second-order valence-corrected chi connectivity index (χ2v) is 6.23. The summed E-state index contributed by atoms with van der Waals surface area (Å²) in [6.45, 7) is 6.60. The molecule has 126 valence electrons. The number of hydrogen-bond acceptors (Lipinski definition) is 3. The molecule has 2 aromatic rings. The molecule has 24 heavy (non-hydrogen) atoms. The molecule has 4 nitrogen and oxygen atoms in total. The molecule has 0 fully saturated rings. The van der Waals surface area contributed by atoms with Gasteiger partial charge in [-0.1, -0.05) is 43.7 Å². The highest BCUT2D eigenvalue weighted by Crippen LogP contribution is 2.14. The quantitative estimate of drug-likeness (QED) is 0.616. The van der Waals surface area contributed by atoms with E-state index in [4.69, 9.17) is 4.74 Å². The molecular formula is C20H24N2O2. The Kier molecular flexibility index (Phi) is 6.55. The summed E-state index contributed by atoms with van der Waals surface area (Å²) in [6, 6.07) is 15.9. The number of nitrogens with one attached hydrogen (secondary N) is 1. The highest BCUT2D eigenvalue weighted by atomic mass is 16.5. The summed E-state index contributed by atoms with van der Waals surface area (Å²) >= 11 is 0. The lowest BCUT2D eigenvalue weighted by Gasteiger charge is -2.07. The van der Waals surface area contributed by atoms with Crippen molar-refractivity contribution in [3.63, 3.8) is 0 Å². The molecule has 0 aliphatic carbocycles. The Bertz CT molecular complexity index is 674. The fourth-order valence-corrected chi connectivity index (χ4v) is 2.10. The van der Waals surface area contributed by atoms with E-state index in [9.17, 15) is 4.79 Å². The molecule has 0 saturated carbocycles. The molecule has 1 N–H and O–H groups in total. The number of hydrazone groups is 1. The standard InChI is InChI=1S/C20H24N2O2/c1-15(2)12-20(23)22-21-13-17-8-10-19(11-9-17)24-14-18-6-4-16(3)5-7-18/h4-11,13,15H,12,14H2,1-3H3,(H,22,23). The van der Waals surface area contributed by atoms with Gasteiger partial charge in [-0.3, -0.25) is 4.79 Å². The van der Waals surface area contributed by atoms with Gasteiger partial charge >= 0.3 is 0 Å².